The van der Waals surface area contributed by atoms with E-state index >= 15 is 0 Å². The smallest absolute Gasteiger partial charge is 0.149 e. The maximum atomic E-state index is 11.4. The van der Waals surface area contributed by atoms with Crippen molar-refractivity contribution in [3.8, 4) is 0 Å². The highest BCUT2D eigenvalue weighted by molar-refractivity contribution is 7.90. The van der Waals surface area contributed by atoms with Crippen LogP contribution in [-0.4, -0.2) is 27.0 Å². The Morgan fingerprint density at radius 2 is 1.88 bits per heavy atom. The number of hydrogen-bond donors (Lipinski definition) is 1. The molecule has 1 rings (SSSR count). The average Bonchev–Trinajstić information content (AvgIpc) is 2.19. The van der Waals surface area contributed by atoms with Crippen molar-refractivity contribution in [2.75, 3.05) is 18.6 Å². The van der Waals surface area contributed by atoms with E-state index in [-0.39, 0.29) is 11.8 Å². The summed E-state index contributed by atoms with van der Waals surface area (Å²) in [6.45, 7) is 6.84. The SMILES string of the molecule is CCNC(CS(C)(=O)=O)c1ccc(C)c(C)c1. The van der Waals surface area contributed by atoms with Crippen molar-refractivity contribution in [3.05, 3.63) is 34.9 Å². The molecule has 1 unspecified atom stereocenters. The van der Waals surface area contributed by atoms with E-state index in [9.17, 15) is 8.42 Å². The lowest BCUT2D eigenvalue weighted by Gasteiger charge is -2.18. The number of rotatable bonds is 5. The van der Waals surface area contributed by atoms with Crippen molar-refractivity contribution >= 4 is 9.84 Å². The molecule has 0 heterocycles. The molecule has 4 heteroatoms. The summed E-state index contributed by atoms with van der Waals surface area (Å²) in [7, 11) is -2.98. The standard InChI is InChI=1S/C13H21NO2S/c1-5-14-13(9-17(4,15)16)12-7-6-10(2)11(3)8-12/h6-8,13-14H,5,9H2,1-4H3. The molecule has 1 atom stereocenters. The van der Waals surface area contributed by atoms with Gasteiger partial charge in [-0.25, -0.2) is 8.42 Å². The zero-order valence-electron chi connectivity index (χ0n) is 10.9. The molecule has 3 nitrogen and oxygen atoms in total. The van der Waals surface area contributed by atoms with E-state index in [1.54, 1.807) is 0 Å². The van der Waals surface area contributed by atoms with Gasteiger partial charge in [0.1, 0.15) is 9.84 Å². The molecule has 1 aromatic carbocycles. The number of nitrogens with one attached hydrogen (secondary N) is 1. The number of sulfone groups is 1. The Kier molecular flexibility index (Phi) is 4.71. The number of benzene rings is 1. The molecular weight excluding hydrogens is 234 g/mol. The van der Waals surface area contributed by atoms with Gasteiger partial charge in [0.15, 0.2) is 0 Å². The van der Waals surface area contributed by atoms with Gasteiger partial charge in [0.25, 0.3) is 0 Å². The van der Waals surface area contributed by atoms with Crippen LogP contribution in [0, 0.1) is 13.8 Å². The Balaban J connectivity index is 3.01. The van der Waals surface area contributed by atoms with Crippen LogP contribution in [0.5, 0.6) is 0 Å². The minimum absolute atomic E-state index is 0.116. The van der Waals surface area contributed by atoms with Gasteiger partial charge in [0.05, 0.1) is 5.75 Å². The molecule has 0 aliphatic heterocycles. The lowest BCUT2D eigenvalue weighted by Crippen LogP contribution is -2.27. The van der Waals surface area contributed by atoms with Gasteiger partial charge in [-0.2, -0.15) is 0 Å². The fourth-order valence-electron chi connectivity index (χ4n) is 1.80. The van der Waals surface area contributed by atoms with Gasteiger partial charge in [0, 0.05) is 12.3 Å². The quantitative estimate of drug-likeness (QED) is 0.875. The highest BCUT2D eigenvalue weighted by atomic mass is 32.2. The van der Waals surface area contributed by atoms with Crippen molar-refractivity contribution < 1.29 is 8.42 Å². The molecule has 0 fully saturated rings. The second kappa shape index (κ2) is 5.65. The fraction of sp³-hybridized carbons (Fsp3) is 0.538. The lowest BCUT2D eigenvalue weighted by atomic mass is 10.0. The summed E-state index contributed by atoms with van der Waals surface area (Å²) < 4.78 is 22.8. The molecule has 0 amide bonds. The van der Waals surface area contributed by atoms with Crippen molar-refractivity contribution in [3.63, 3.8) is 0 Å². The average molecular weight is 255 g/mol. The van der Waals surface area contributed by atoms with Crippen LogP contribution < -0.4 is 5.32 Å². The van der Waals surface area contributed by atoms with Crippen LogP contribution in [-0.2, 0) is 9.84 Å². The molecule has 0 saturated carbocycles. The van der Waals surface area contributed by atoms with E-state index in [2.05, 4.69) is 18.3 Å². The minimum atomic E-state index is -2.98. The number of aryl methyl sites for hydroxylation is 2. The van der Waals surface area contributed by atoms with Crippen LogP contribution in [0.4, 0.5) is 0 Å². The molecule has 96 valence electrons. The molecule has 1 N–H and O–H groups in total. The van der Waals surface area contributed by atoms with Gasteiger partial charge < -0.3 is 5.32 Å². The molecule has 0 spiro atoms. The summed E-state index contributed by atoms with van der Waals surface area (Å²) in [5, 5.41) is 3.22. The predicted octanol–water partition coefficient (Wildman–Crippen LogP) is 2.00. The Morgan fingerprint density at radius 3 is 2.35 bits per heavy atom. The molecule has 1 aromatic rings. The van der Waals surface area contributed by atoms with E-state index in [0.717, 1.165) is 12.1 Å². The second-order valence-corrected chi connectivity index (χ2v) is 6.73. The molecule has 0 aliphatic rings. The maximum absolute atomic E-state index is 11.4. The summed E-state index contributed by atoms with van der Waals surface area (Å²) in [5.74, 6) is 0.142. The van der Waals surface area contributed by atoms with Gasteiger partial charge in [-0.1, -0.05) is 25.1 Å². The summed E-state index contributed by atoms with van der Waals surface area (Å²) in [6, 6.07) is 5.99. The van der Waals surface area contributed by atoms with E-state index in [1.165, 1.54) is 17.4 Å². The van der Waals surface area contributed by atoms with Crippen LogP contribution in [0.25, 0.3) is 0 Å². The van der Waals surface area contributed by atoms with E-state index in [4.69, 9.17) is 0 Å². The first-order chi connectivity index (χ1) is 7.83. The topological polar surface area (TPSA) is 46.2 Å². The third-order valence-corrected chi connectivity index (χ3v) is 3.79. The molecular formula is C13H21NO2S. The van der Waals surface area contributed by atoms with Crippen molar-refractivity contribution in [2.24, 2.45) is 0 Å². The highest BCUT2D eigenvalue weighted by Crippen LogP contribution is 2.18. The summed E-state index contributed by atoms with van der Waals surface area (Å²) in [5.41, 5.74) is 3.46. The van der Waals surface area contributed by atoms with Crippen molar-refractivity contribution in [1.29, 1.82) is 0 Å². The predicted molar refractivity (Wildman–Crippen MR) is 72.0 cm³/mol. The minimum Gasteiger partial charge on any atom is -0.309 e. The molecule has 0 bridgehead atoms. The largest absolute Gasteiger partial charge is 0.309 e. The molecule has 0 radical (unpaired) electrons. The van der Waals surface area contributed by atoms with Gasteiger partial charge in [-0.05, 0) is 37.1 Å². The van der Waals surface area contributed by atoms with E-state index in [0.29, 0.717) is 0 Å². The van der Waals surface area contributed by atoms with Crippen LogP contribution >= 0.6 is 0 Å². The van der Waals surface area contributed by atoms with Crippen LogP contribution in [0.3, 0.4) is 0 Å². The van der Waals surface area contributed by atoms with Gasteiger partial charge in [-0.15, -0.1) is 0 Å². The maximum Gasteiger partial charge on any atom is 0.149 e. The second-order valence-electron chi connectivity index (χ2n) is 4.55. The van der Waals surface area contributed by atoms with Crippen LogP contribution in [0.15, 0.2) is 18.2 Å². The first-order valence-corrected chi connectivity index (χ1v) is 7.88. The summed E-state index contributed by atoms with van der Waals surface area (Å²) in [4.78, 5) is 0. The number of hydrogen-bond acceptors (Lipinski definition) is 3. The van der Waals surface area contributed by atoms with Gasteiger partial charge >= 0.3 is 0 Å². The van der Waals surface area contributed by atoms with E-state index in [1.807, 2.05) is 26.0 Å². The third-order valence-electron chi connectivity index (χ3n) is 2.85. The third kappa shape index (κ3) is 4.48. The Bertz CT molecular complexity index is 480. The van der Waals surface area contributed by atoms with Crippen LogP contribution in [0.1, 0.15) is 29.7 Å². The normalized spacial score (nSPS) is 13.6. The Labute approximate surface area is 104 Å². The van der Waals surface area contributed by atoms with E-state index < -0.39 is 9.84 Å². The molecule has 0 aromatic heterocycles. The zero-order valence-corrected chi connectivity index (χ0v) is 11.8. The highest BCUT2D eigenvalue weighted by Gasteiger charge is 2.16. The molecule has 0 saturated heterocycles. The van der Waals surface area contributed by atoms with Crippen molar-refractivity contribution in [1.82, 2.24) is 5.32 Å². The molecule has 0 aliphatic carbocycles. The summed E-state index contributed by atoms with van der Waals surface area (Å²) in [6.07, 6.45) is 1.28. The first-order valence-electron chi connectivity index (χ1n) is 5.81. The Hall–Kier alpha value is -0.870. The van der Waals surface area contributed by atoms with Gasteiger partial charge in [0.2, 0.25) is 0 Å². The first kappa shape index (κ1) is 14.2. The fourth-order valence-corrected chi connectivity index (χ4v) is 2.72. The summed E-state index contributed by atoms with van der Waals surface area (Å²) >= 11 is 0. The van der Waals surface area contributed by atoms with Gasteiger partial charge in [-0.3, -0.25) is 0 Å². The van der Waals surface area contributed by atoms with Crippen LogP contribution in [0.2, 0.25) is 0 Å². The Morgan fingerprint density at radius 1 is 1.24 bits per heavy atom. The monoisotopic (exact) mass is 255 g/mol. The lowest BCUT2D eigenvalue weighted by molar-refractivity contribution is 0.563. The molecule has 17 heavy (non-hydrogen) atoms. The van der Waals surface area contributed by atoms with Crippen molar-refractivity contribution in [2.45, 2.75) is 26.8 Å². The zero-order chi connectivity index (χ0) is 13.1.